The predicted octanol–water partition coefficient (Wildman–Crippen LogP) is 4.54. The maximum absolute atomic E-state index is 9.75. The van der Waals surface area contributed by atoms with E-state index in [9.17, 15) is 17.3 Å². The number of nitrogens with zero attached hydrogens (tertiary/aromatic N) is 2. The van der Waals surface area contributed by atoms with Gasteiger partial charge in [-0.15, -0.1) is 0 Å². The van der Waals surface area contributed by atoms with Gasteiger partial charge in [0, 0.05) is 6.07 Å². The van der Waals surface area contributed by atoms with Crippen molar-refractivity contribution in [3.05, 3.63) is 33.2 Å². The first kappa shape index (κ1) is 13.9. The van der Waals surface area contributed by atoms with Gasteiger partial charge in [-0.05, 0) is 34.5 Å². The second-order valence-electron chi connectivity index (χ2n) is 2.55. The van der Waals surface area contributed by atoms with E-state index >= 15 is 0 Å². The third kappa shape index (κ3) is 7.94. The van der Waals surface area contributed by atoms with E-state index in [4.69, 9.17) is 5.39 Å². The van der Waals surface area contributed by atoms with Gasteiger partial charge in [-0.1, -0.05) is 6.07 Å². The minimum absolute atomic E-state index is 0.561. The molecule has 0 saturated heterocycles. The highest BCUT2D eigenvalue weighted by molar-refractivity contribution is 9.10. The Morgan fingerprint density at radius 2 is 1.73 bits per heavy atom. The van der Waals surface area contributed by atoms with Crippen LogP contribution in [0.2, 0.25) is 0 Å². The number of rotatable bonds is 0. The molecular formula is C7H6BBrF4N2. The van der Waals surface area contributed by atoms with Crippen LogP contribution in [0.25, 0.3) is 4.98 Å². The minimum atomic E-state index is -6.00. The smallest absolute Gasteiger partial charge is 0.418 e. The van der Waals surface area contributed by atoms with Gasteiger partial charge in [0.25, 0.3) is 0 Å². The average Bonchev–Trinajstić information content (AvgIpc) is 2.01. The van der Waals surface area contributed by atoms with E-state index in [-0.39, 0.29) is 0 Å². The first-order valence-corrected chi connectivity index (χ1v) is 4.52. The molecule has 1 aromatic rings. The fourth-order valence-electron chi connectivity index (χ4n) is 0.693. The van der Waals surface area contributed by atoms with Crippen molar-refractivity contribution in [2.75, 3.05) is 0 Å². The Bertz CT molecular complexity index is 368. The third-order valence-corrected chi connectivity index (χ3v) is 1.85. The second kappa shape index (κ2) is 5.71. The first-order chi connectivity index (χ1) is 6.74. The molecule has 15 heavy (non-hydrogen) atoms. The monoisotopic (exact) mass is 284 g/mol. The highest BCUT2D eigenvalue weighted by Gasteiger charge is 2.20. The molecule has 1 rings (SSSR count). The molecule has 0 unspecified atom stereocenters. The summed E-state index contributed by atoms with van der Waals surface area (Å²) < 4.78 is 39.8. The number of hydrogen-bond acceptors (Lipinski definition) is 1. The summed E-state index contributed by atoms with van der Waals surface area (Å²) in [5.74, 6) is 0. The van der Waals surface area contributed by atoms with E-state index in [0.29, 0.717) is 5.69 Å². The molecule has 0 saturated carbocycles. The van der Waals surface area contributed by atoms with Gasteiger partial charge in [-0.25, -0.2) is 0 Å². The number of diazo groups is 1. The van der Waals surface area contributed by atoms with Crippen molar-refractivity contribution >= 4 is 28.9 Å². The molecule has 0 radical (unpaired) electrons. The SMILES string of the molecule is Cc1ccc([N+]#N)c(Br)c1.F[B-](F)(F)F. The molecule has 1 aromatic carbocycles. The molecule has 0 heterocycles. The lowest BCUT2D eigenvalue weighted by atomic mass is 10.2. The van der Waals surface area contributed by atoms with Crippen LogP contribution in [-0.4, -0.2) is 7.25 Å². The number of hydrogen-bond donors (Lipinski definition) is 0. The van der Waals surface area contributed by atoms with E-state index in [1.807, 2.05) is 19.1 Å². The van der Waals surface area contributed by atoms with E-state index in [0.717, 1.165) is 10.0 Å². The van der Waals surface area contributed by atoms with Gasteiger partial charge in [0.15, 0.2) is 4.98 Å². The van der Waals surface area contributed by atoms with Crippen LogP contribution in [0.5, 0.6) is 0 Å². The van der Waals surface area contributed by atoms with Crippen LogP contribution in [0.4, 0.5) is 23.0 Å². The standard InChI is InChI=1S/C7H6BrN2.BF4/c1-5-2-3-7(10-9)6(8)4-5;2-1(3,4)5/h2-4H,1H3;/q+1;-1. The Kier molecular flexibility index (Phi) is 5.29. The van der Waals surface area contributed by atoms with Gasteiger partial charge in [0.2, 0.25) is 5.39 Å². The molecule has 0 aliphatic heterocycles. The molecule has 0 spiro atoms. The van der Waals surface area contributed by atoms with Crippen LogP contribution in [-0.2, 0) is 0 Å². The van der Waals surface area contributed by atoms with Crippen LogP contribution in [0.15, 0.2) is 22.7 Å². The fraction of sp³-hybridized carbons (Fsp3) is 0.143. The lowest BCUT2D eigenvalue weighted by molar-refractivity contribution is 0.368. The predicted molar refractivity (Wildman–Crippen MR) is 53.8 cm³/mol. The zero-order valence-electron chi connectivity index (χ0n) is 7.59. The normalized spacial score (nSPS) is 9.93. The molecule has 0 atom stereocenters. The lowest BCUT2D eigenvalue weighted by Crippen LogP contribution is -2.02. The lowest BCUT2D eigenvalue weighted by Gasteiger charge is -1.94. The summed E-state index contributed by atoms with van der Waals surface area (Å²) in [5.41, 5.74) is 1.70. The molecule has 0 bridgehead atoms. The minimum Gasteiger partial charge on any atom is -0.418 e. The van der Waals surface area contributed by atoms with E-state index in [1.54, 1.807) is 6.07 Å². The van der Waals surface area contributed by atoms with Crippen molar-refractivity contribution < 1.29 is 17.3 Å². The number of halogens is 5. The molecule has 2 nitrogen and oxygen atoms in total. The van der Waals surface area contributed by atoms with Crippen LogP contribution < -0.4 is 0 Å². The molecule has 82 valence electrons. The summed E-state index contributed by atoms with van der Waals surface area (Å²) >= 11 is 3.25. The van der Waals surface area contributed by atoms with E-state index in [1.165, 1.54) is 0 Å². The Morgan fingerprint density at radius 1 is 1.27 bits per heavy atom. The van der Waals surface area contributed by atoms with Gasteiger partial charge in [0.1, 0.15) is 4.47 Å². The van der Waals surface area contributed by atoms with Crippen LogP contribution in [0.1, 0.15) is 5.56 Å². The van der Waals surface area contributed by atoms with Crippen LogP contribution in [0, 0.1) is 12.3 Å². The van der Waals surface area contributed by atoms with Gasteiger partial charge in [-0.2, -0.15) is 0 Å². The second-order valence-corrected chi connectivity index (χ2v) is 3.40. The Morgan fingerprint density at radius 3 is 2.07 bits per heavy atom. The molecule has 8 heteroatoms. The van der Waals surface area contributed by atoms with Gasteiger partial charge in [-0.3, -0.25) is 0 Å². The maximum atomic E-state index is 9.75. The van der Waals surface area contributed by atoms with Crippen molar-refractivity contribution in [2.45, 2.75) is 6.92 Å². The highest BCUT2D eigenvalue weighted by Crippen LogP contribution is 2.25. The topological polar surface area (TPSA) is 28.1 Å². The molecule has 0 amide bonds. The molecule has 0 aliphatic carbocycles. The van der Waals surface area contributed by atoms with Crippen molar-refractivity contribution in [3.8, 4) is 0 Å². The number of benzene rings is 1. The van der Waals surface area contributed by atoms with Crippen molar-refractivity contribution in [2.24, 2.45) is 0 Å². The van der Waals surface area contributed by atoms with Gasteiger partial charge in [0.05, 0.1) is 0 Å². The summed E-state index contributed by atoms with van der Waals surface area (Å²) in [5, 5.41) is 8.40. The molecule has 0 N–H and O–H groups in total. The summed E-state index contributed by atoms with van der Waals surface area (Å²) in [4.78, 5) is 3.06. The maximum Gasteiger partial charge on any atom is 0.673 e. The van der Waals surface area contributed by atoms with Crippen LogP contribution in [0.3, 0.4) is 0 Å². The van der Waals surface area contributed by atoms with Gasteiger partial charge < -0.3 is 17.3 Å². The Balaban J connectivity index is 0.000000336. The summed E-state index contributed by atoms with van der Waals surface area (Å²) in [7, 11) is -6.00. The molecule has 0 aliphatic rings. The van der Waals surface area contributed by atoms with Crippen molar-refractivity contribution in [3.63, 3.8) is 0 Å². The fourth-order valence-corrected chi connectivity index (χ4v) is 1.27. The largest absolute Gasteiger partial charge is 0.673 e. The van der Waals surface area contributed by atoms with Crippen molar-refractivity contribution in [1.29, 1.82) is 5.39 Å². The quantitative estimate of drug-likeness (QED) is 0.390. The molecule has 0 fully saturated rings. The van der Waals surface area contributed by atoms with Crippen molar-refractivity contribution in [1.82, 2.24) is 0 Å². The highest BCUT2D eigenvalue weighted by atomic mass is 79.9. The summed E-state index contributed by atoms with van der Waals surface area (Å²) in [6.45, 7) is 1.98. The Labute approximate surface area is 92.1 Å². The molecule has 0 aromatic heterocycles. The van der Waals surface area contributed by atoms with Crippen LogP contribution >= 0.6 is 15.9 Å². The van der Waals surface area contributed by atoms with Gasteiger partial charge >= 0.3 is 12.9 Å². The Hall–Kier alpha value is -1.10. The molecular weight excluding hydrogens is 279 g/mol. The zero-order valence-corrected chi connectivity index (χ0v) is 9.18. The third-order valence-electron chi connectivity index (χ3n) is 1.21. The zero-order chi connectivity index (χ0) is 12.1. The van der Waals surface area contributed by atoms with E-state index < -0.39 is 7.25 Å². The number of aryl methyl sites for hydroxylation is 1. The summed E-state index contributed by atoms with van der Waals surface area (Å²) in [6.07, 6.45) is 0. The summed E-state index contributed by atoms with van der Waals surface area (Å²) in [6, 6.07) is 5.54. The van der Waals surface area contributed by atoms with E-state index in [2.05, 4.69) is 20.9 Å². The average molecular weight is 285 g/mol. The first-order valence-electron chi connectivity index (χ1n) is 3.72.